The Morgan fingerprint density at radius 1 is 1.30 bits per heavy atom. The van der Waals surface area contributed by atoms with Gasteiger partial charge in [0.15, 0.2) is 5.78 Å². The molecule has 1 aromatic rings. The molecular weight excluding hydrogens is 294 g/mol. The fraction of sp³-hybridized carbons (Fsp3) is 0.471. The largest absolute Gasteiger partial charge is 0.347 e. The Balaban J connectivity index is 1.98. The molecule has 23 heavy (non-hydrogen) atoms. The Hall–Kier alpha value is -2.21. The number of amides is 2. The number of hydrogen-bond donors (Lipinski definition) is 1. The Morgan fingerprint density at radius 2 is 2.04 bits per heavy atom. The fourth-order valence-corrected chi connectivity index (χ4v) is 2.79. The number of hydrogen-bond acceptors (Lipinski definition) is 4. The highest BCUT2D eigenvalue weighted by Gasteiger charge is 2.32. The summed E-state index contributed by atoms with van der Waals surface area (Å²) in [5, 5.41) is 2.80. The molecular formula is C17H23N3O3. The van der Waals surface area contributed by atoms with E-state index in [0.717, 1.165) is 19.4 Å². The van der Waals surface area contributed by atoms with E-state index >= 15 is 0 Å². The zero-order chi connectivity index (χ0) is 17.0. The molecule has 1 atom stereocenters. The van der Waals surface area contributed by atoms with Crippen molar-refractivity contribution in [2.24, 2.45) is 0 Å². The van der Waals surface area contributed by atoms with Crippen LogP contribution in [0.2, 0.25) is 0 Å². The van der Waals surface area contributed by atoms with Crippen molar-refractivity contribution in [3.8, 4) is 0 Å². The maximum absolute atomic E-state index is 12.2. The van der Waals surface area contributed by atoms with Crippen molar-refractivity contribution in [2.45, 2.75) is 25.8 Å². The topological polar surface area (TPSA) is 69.7 Å². The first-order valence-electron chi connectivity index (χ1n) is 7.74. The van der Waals surface area contributed by atoms with Crippen LogP contribution in [0.15, 0.2) is 24.3 Å². The van der Waals surface area contributed by atoms with Gasteiger partial charge in [-0.3, -0.25) is 19.3 Å². The summed E-state index contributed by atoms with van der Waals surface area (Å²) in [4.78, 5) is 39.2. The zero-order valence-electron chi connectivity index (χ0n) is 13.8. The number of benzene rings is 1. The average Bonchev–Trinajstić information content (AvgIpc) is 2.94. The predicted molar refractivity (Wildman–Crippen MR) is 88.4 cm³/mol. The second-order valence-electron chi connectivity index (χ2n) is 6.05. The van der Waals surface area contributed by atoms with Crippen LogP contribution in [-0.2, 0) is 9.59 Å². The fourth-order valence-electron chi connectivity index (χ4n) is 2.79. The number of ketones is 1. The smallest absolute Gasteiger partial charge is 0.239 e. The first-order valence-corrected chi connectivity index (χ1v) is 7.74. The van der Waals surface area contributed by atoms with Crippen LogP contribution >= 0.6 is 0 Å². The summed E-state index contributed by atoms with van der Waals surface area (Å²) in [6, 6.07) is 6.63. The third kappa shape index (κ3) is 4.39. The molecule has 1 unspecified atom stereocenters. The summed E-state index contributed by atoms with van der Waals surface area (Å²) in [5.74, 6) is -0.185. The van der Waals surface area contributed by atoms with E-state index in [2.05, 4.69) is 5.32 Å². The number of Topliss-reactive ketones (excluding diaryl/α,β-unsaturated/α-hetero) is 1. The monoisotopic (exact) mass is 317 g/mol. The molecule has 1 aliphatic rings. The lowest BCUT2D eigenvalue weighted by molar-refractivity contribution is -0.133. The lowest BCUT2D eigenvalue weighted by Gasteiger charge is -2.25. The van der Waals surface area contributed by atoms with Gasteiger partial charge in [-0.2, -0.15) is 0 Å². The van der Waals surface area contributed by atoms with E-state index in [9.17, 15) is 14.4 Å². The highest BCUT2D eigenvalue weighted by Crippen LogP contribution is 2.19. The number of nitrogens with one attached hydrogen (secondary N) is 1. The van der Waals surface area contributed by atoms with Crippen molar-refractivity contribution in [2.75, 3.05) is 32.5 Å². The Labute approximate surface area is 136 Å². The van der Waals surface area contributed by atoms with E-state index < -0.39 is 0 Å². The van der Waals surface area contributed by atoms with Crippen LogP contribution in [0, 0.1) is 0 Å². The molecule has 0 radical (unpaired) electrons. The van der Waals surface area contributed by atoms with Gasteiger partial charge in [0.05, 0.1) is 12.6 Å². The van der Waals surface area contributed by atoms with Gasteiger partial charge in [0.25, 0.3) is 0 Å². The summed E-state index contributed by atoms with van der Waals surface area (Å²) >= 11 is 0. The van der Waals surface area contributed by atoms with Crippen molar-refractivity contribution in [3.63, 3.8) is 0 Å². The van der Waals surface area contributed by atoms with Gasteiger partial charge in [-0.25, -0.2) is 0 Å². The Bertz CT molecular complexity index is 613. The van der Waals surface area contributed by atoms with E-state index in [1.165, 1.54) is 6.92 Å². The van der Waals surface area contributed by atoms with Gasteiger partial charge in [-0.15, -0.1) is 0 Å². The highest BCUT2D eigenvalue weighted by atomic mass is 16.2. The van der Waals surface area contributed by atoms with Crippen molar-refractivity contribution >= 4 is 23.3 Å². The van der Waals surface area contributed by atoms with Crippen LogP contribution < -0.4 is 5.32 Å². The molecule has 2 amide bonds. The Kier molecular flexibility index (Phi) is 5.50. The van der Waals surface area contributed by atoms with E-state index in [-0.39, 0.29) is 30.2 Å². The van der Waals surface area contributed by atoms with E-state index in [1.54, 1.807) is 43.3 Å². The van der Waals surface area contributed by atoms with Crippen molar-refractivity contribution < 1.29 is 14.4 Å². The minimum atomic E-state index is -0.223. The first-order chi connectivity index (χ1) is 10.9. The summed E-state index contributed by atoms with van der Waals surface area (Å²) < 4.78 is 0. The summed E-state index contributed by atoms with van der Waals surface area (Å²) in [7, 11) is 3.46. The third-order valence-electron chi connectivity index (χ3n) is 3.99. The summed E-state index contributed by atoms with van der Waals surface area (Å²) in [6.07, 6.45) is 1.70. The molecule has 1 aromatic carbocycles. The van der Waals surface area contributed by atoms with Crippen molar-refractivity contribution in [1.29, 1.82) is 0 Å². The molecule has 124 valence electrons. The molecule has 0 aliphatic carbocycles. The molecule has 0 saturated carbocycles. The van der Waals surface area contributed by atoms with Crippen LogP contribution in [0.25, 0.3) is 0 Å². The third-order valence-corrected chi connectivity index (χ3v) is 3.99. The standard InChI is InChI=1S/C17H23N3O3/c1-12(21)13-6-4-7-14(10-13)18-16(22)11-20-9-5-8-15(20)17(23)19(2)3/h4,6-7,10,15H,5,8-9,11H2,1-3H3,(H,18,22). The summed E-state index contributed by atoms with van der Waals surface area (Å²) in [5.41, 5.74) is 1.15. The molecule has 0 spiro atoms. The highest BCUT2D eigenvalue weighted by molar-refractivity contribution is 5.97. The van der Waals surface area contributed by atoms with E-state index in [0.29, 0.717) is 11.3 Å². The predicted octanol–water partition coefficient (Wildman–Crippen LogP) is 1.38. The van der Waals surface area contributed by atoms with Crippen molar-refractivity contribution in [1.82, 2.24) is 9.80 Å². The van der Waals surface area contributed by atoms with E-state index in [4.69, 9.17) is 0 Å². The van der Waals surface area contributed by atoms with Crippen LogP contribution in [0.4, 0.5) is 5.69 Å². The van der Waals surface area contributed by atoms with Crippen LogP contribution in [0.1, 0.15) is 30.1 Å². The molecule has 6 nitrogen and oxygen atoms in total. The SMILES string of the molecule is CC(=O)c1cccc(NC(=O)CN2CCCC2C(=O)N(C)C)c1. The van der Waals surface area contributed by atoms with Gasteiger partial charge >= 0.3 is 0 Å². The number of anilines is 1. The quantitative estimate of drug-likeness (QED) is 0.833. The molecule has 1 heterocycles. The second kappa shape index (κ2) is 7.37. The van der Waals surface area contributed by atoms with Gasteiger partial charge in [-0.1, -0.05) is 12.1 Å². The number of nitrogens with zero attached hydrogens (tertiary/aromatic N) is 2. The Morgan fingerprint density at radius 3 is 2.70 bits per heavy atom. The van der Waals surface area contributed by atoms with Crippen LogP contribution in [0.3, 0.4) is 0 Å². The summed E-state index contributed by atoms with van der Waals surface area (Å²) in [6.45, 7) is 2.41. The van der Waals surface area contributed by atoms with E-state index in [1.807, 2.05) is 4.90 Å². The maximum Gasteiger partial charge on any atom is 0.239 e. The molecule has 1 fully saturated rings. The lowest BCUT2D eigenvalue weighted by Crippen LogP contribution is -2.45. The van der Waals surface area contributed by atoms with Gasteiger partial charge in [0.2, 0.25) is 11.8 Å². The van der Waals surface area contributed by atoms with Crippen LogP contribution in [-0.4, -0.2) is 60.6 Å². The molecule has 2 rings (SSSR count). The minimum absolute atomic E-state index is 0.0360. The molecule has 0 bridgehead atoms. The number of likely N-dealkylation sites (N-methyl/N-ethyl adjacent to an activating group) is 1. The molecule has 6 heteroatoms. The zero-order valence-corrected chi connectivity index (χ0v) is 13.8. The molecule has 0 aromatic heterocycles. The second-order valence-corrected chi connectivity index (χ2v) is 6.05. The van der Waals surface area contributed by atoms with Gasteiger partial charge in [-0.05, 0) is 38.4 Å². The van der Waals surface area contributed by atoms with Gasteiger partial charge < -0.3 is 10.2 Å². The number of rotatable bonds is 5. The molecule has 1 saturated heterocycles. The minimum Gasteiger partial charge on any atom is -0.347 e. The normalized spacial score (nSPS) is 17.8. The van der Waals surface area contributed by atoms with Crippen LogP contribution in [0.5, 0.6) is 0 Å². The van der Waals surface area contributed by atoms with Crippen molar-refractivity contribution in [3.05, 3.63) is 29.8 Å². The lowest BCUT2D eigenvalue weighted by atomic mass is 10.1. The van der Waals surface area contributed by atoms with Gasteiger partial charge in [0.1, 0.15) is 0 Å². The number of carbonyl (C=O) groups excluding carboxylic acids is 3. The maximum atomic E-state index is 12.2. The average molecular weight is 317 g/mol. The van der Waals surface area contributed by atoms with Gasteiger partial charge in [0, 0.05) is 25.3 Å². The molecule has 1 aliphatic heterocycles. The molecule has 1 N–H and O–H groups in total. The first kappa shape index (κ1) is 17.1. The number of likely N-dealkylation sites (tertiary alicyclic amines) is 1. The number of carbonyl (C=O) groups is 3.